The zero-order valence-electron chi connectivity index (χ0n) is 8.15. The van der Waals surface area contributed by atoms with Crippen molar-refractivity contribution in [1.29, 1.82) is 0 Å². The highest BCUT2D eigenvalue weighted by Crippen LogP contribution is 2.66. The molecule has 0 N–H and O–H groups in total. The molecule has 0 aromatic rings. The standard InChI is InChI=1S/C11H16FN/c1-10-6-9(7-12)8-13(10)5-4-11(10)2-3-11/h7H,2-6,8H2,1H3/b9-7+/t10-/m1/s1. The Bertz CT molecular complexity index is 280. The van der Waals surface area contributed by atoms with Crippen molar-refractivity contribution in [2.24, 2.45) is 5.41 Å². The molecule has 1 spiro atoms. The Morgan fingerprint density at radius 3 is 2.77 bits per heavy atom. The molecule has 0 amide bonds. The van der Waals surface area contributed by atoms with Crippen LogP contribution in [0.4, 0.5) is 4.39 Å². The van der Waals surface area contributed by atoms with Crippen molar-refractivity contribution in [1.82, 2.24) is 4.90 Å². The number of hydrogen-bond donors (Lipinski definition) is 0. The smallest absolute Gasteiger partial charge is 0.0872 e. The first-order valence-electron chi connectivity index (χ1n) is 5.23. The molecular weight excluding hydrogens is 165 g/mol. The second-order valence-corrected chi connectivity index (χ2v) is 5.17. The third-order valence-corrected chi connectivity index (χ3v) is 4.67. The van der Waals surface area contributed by atoms with Crippen molar-refractivity contribution in [3.8, 4) is 0 Å². The van der Waals surface area contributed by atoms with Gasteiger partial charge in [0.2, 0.25) is 0 Å². The lowest BCUT2D eigenvalue weighted by molar-refractivity contribution is 0.159. The molecule has 1 aliphatic carbocycles. The van der Waals surface area contributed by atoms with Gasteiger partial charge in [0.25, 0.3) is 0 Å². The van der Waals surface area contributed by atoms with Crippen LogP contribution in [0.3, 0.4) is 0 Å². The van der Waals surface area contributed by atoms with Gasteiger partial charge in [0, 0.05) is 12.1 Å². The third kappa shape index (κ3) is 0.804. The molecule has 3 fully saturated rings. The fourth-order valence-corrected chi connectivity index (χ4v) is 3.51. The molecule has 0 bridgehead atoms. The Hall–Kier alpha value is -0.370. The van der Waals surface area contributed by atoms with Gasteiger partial charge in [0.1, 0.15) is 0 Å². The largest absolute Gasteiger partial charge is 0.293 e. The highest BCUT2D eigenvalue weighted by molar-refractivity contribution is 5.27. The van der Waals surface area contributed by atoms with E-state index < -0.39 is 0 Å². The quantitative estimate of drug-likeness (QED) is 0.555. The zero-order chi connectivity index (χ0) is 9.10. The van der Waals surface area contributed by atoms with E-state index in [-0.39, 0.29) is 0 Å². The van der Waals surface area contributed by atoms with E-state index in [9.17, 15) is 4.39 Å². The van der Waals surface area contributed by atoms with Crippen molar-refractivity contribution in [3.05, 3.63) is 11.9 Å². The minimum atomic E-state index is 0.310. The van der Waals surface area contributed by atoms with Gasteiger partial charge in [-0.15, -0.1) is 0 Å². The highest BCUT2D eigenvalue weighted by Gasteiger charge is 2.64. The van der Waals surface area contributed by atoms with Crippen LogP contribution < -0.4 is 0 Å². The first kappa shape index (κ1) is 7.98. The molecule has 3 rings (SSSR count). The van der Waals surface area contributed by atoms with Crippen LogP contribution in [0.5, 0.6) is 0 Å². The summed E-state index contributed by atoms with van der Waals surface area (Å²) in [4.78, 5) is 2.49. The van der Waals surface area contributed by atoms with Crippen molar-refractivity contribution >= 4 is 0 Å². The molecule has 13 heavy (non-hydrogen) atoms. The molecule has 1 saturated carbocycles. The molecule has 0 radical (unpaired) electrons. The lowest BCUT2D eigenvalue weighted by Crippen LogP contribution is -2.40. The molecule has 72 valence electrons. The van der Waals surface area contributed by atoms with Gasteiger partial charge < -0.3 is 0 Å². The summed E-state index contributed by atoms with van der Waals surface area (Å²) in [5.41, 5.74) is 1.90. The van der Waals surface area contributed by atoms with E-state index in [4.69, 9.17) is 0 Å². The predicted molar refractivity (Wildman–Crippen MR) is 50.1 cm³/mol. The van der Waals surface area contributed by atoms with Crippen LogP contribution in [0.2, 0.25) is 0 Å². The maximum absolute atomic E-state index is 12.5. The van der Waals surface area contributed by atoms with Crippen LogP contribution in [0.1, 0.15) is 32.6 Å². The number of nitrogens with zero attached hydrogens (tertiary/aromatic N) is 1. The van der Waals surface area contributed by atoms with Crippen LogP contribution in [0.15, 0.2) is 11.9 Å². The normalized spacial score (nSPS) is 44.6. The average molecular weight is 181 g/mol. The van der Waals surface area contributed by atoms with E-state index in [1.54, 1.807) is 0 Å². The van der Waals surface area contributed by atoms with E-state index in [1.165, 1.54) is 25.8 Å². The van der Waals surface area contributed by atoms with Crippen LogP contribution in [0, 0.1) is 5.41 Å². The number of rotatable bonds is 0. The summed E-state index contributed by atoms with van der Waals surface area (Å²) in [6, 6.07) is 0. The van der Waals surface area contributed by atoms with Crippen LogP contribution in [0.25, 0.3) is 0 Å². The molecule has 2 heterocycles. The third-order valence-electron chi connectivity index (χ3n) is 4.67. The van der Waals surface area contributed by atoms with Gasteiger partial charge in [0.05, 0.1) is 6.33 Å². The van der Waals surface area contributed by atoms with Crippen LogP contribution in [-0.4, -0.2) is 23.5 Å². The summed E-state index contributed by atoms with van der Waals surface area (Å²) in [6.45, 7) is 4.41. The zero-order valence-corrected chi connectivity index (χ0v) is 8.15. The summed E-state index contributed by atoms with van der Waals surface area (Å²) < 4.78 is 12.5. The minimum Gasteiger partial charge on any atom is -0.293 e. The second-order valence-electron chi connectivity index (χ2n) is 5.17. The highest BCUT2D eigenvalue weighted by atomic mass is 19.1. The van der Waals surface area contributed by atoms with Gasteiger partial charge in [0.15, 0.2) is 0 Å². The molecule has 2 saturated heterocycles. The number of halogens is 1. The fourth-order valence-electron chi connectivity index (χ4n) is 3.51. The van der Waals surface area contributed by atoms with E-state index in [0.29, 0.717) is 11.0 Å². The Morgan fingerprint density at radius 1 is 1.38 bits per heavy atom. The molecule has 1 atom stereocenters. The average Bonchev–Trinajstić information content (AvgIpc) is 2.78. The van der Waals surface area contributed by atoms with Crippen LogP contribution >= 0.6 is 0 Å². The van der Waals surface area contributed by atoms with Gasteiger partial charge in [-0.3, -0.25) is 4.90 Å². The lowest BCUT2D eigenvalue weighted by atomic mass is 9.81. The van der Waals surface area contributed by atoms with E-state index >= 15 is 0 Å². The van der Waals surface area contributed by atoms with Crippen molar-refractivity contribution in [3.63, 3.8) is 0 Å². The first-order valence-corrected chi connectivity index (χ1v) is 5.23. The molecular formula is C11H16FN. The predicted octanol–water partition coefficient (Wildman–Crippen LogP) is 2.49. The molecule has 0 aromatic carbocycles. The summed E-state index contributed by atoms with van der Waals surface area (Å²) in [5.74, 6) is 0. The Kier molecular flexibility index (Phi) is 1.33. The molecule has 2 heteroatoms. The molecule has 1 nitrogen and oxygen atoms in total. The monoisotopic (exact) mass is 181 g/mol. The summed E-state index contributed by atoms with van der Waals surface area (Å²) in [6.07, 6.45) is 5.91. The Balaban J connectivity index is 1.96. The number of hydrogen-bond acceptors (Lipinski definition) is 1. The summed E-state index contributed by atoms with van der Waals surface area (Å²) in [7, 11) is 0. The van der Waals surface area contributed by atoms with Crippen molar-refractivity contribution in [2.45, 2.75) is 38.1 Å². The van der Waals surface area contributed by atoms with Gasteiger partial charge in [-0.25, -0.2) is 4.39 Å². The molecule has 2 aliphatic heterocycles. The number of fused-ring (bicyclic) bond motifs is 2. The molecule has 0 unspecified atom stereocenters. The second kappa shape index (κ2) is 2.17. The van der Waals surface area contributed by atoms with Gasteiger partial charge in [-0.1, -0.05) is 0 Å². The summed E-state index contributed by atoms with van der Waals surface area (Å²) >= 11 is 0. The maximum Gasteiger partial charge on any atom is 0.0872 e. The molecule has 0 aromatic heterocycles. The SMILES string of the molecule is C[C@]12C/C(=C\F)CN1CCC21CC1. The van der Waals surface area contributed by atoms with E-state index in [0.717, 1.165) is 24.9 Å². The maximum atomic E-state index is 12.5. The van der Waals surface area contributed by atoms with E-state index in [2.05, 4.69) is 11.8 Å². The van der Waals surface area contributed by atoms with Gasteiger partial charge in [-0.05, 0) is 50.1 Å². The van der Waals surface area contributed by atoms with Gasteiger partial charge >= 0.3 is 0 Å². The first-order chi connectivity index (χ1) is 6.20. The minimum absolute atomic E-state index is 0.310. The summed E-state index contributed by atoms with van der Waals surface area (Å²) in [5, 5.41) is 0. The van der Waals surface area contributed by atoms with Crippen molar-refractivity contribution in [2.75, 3.05) is 13.1 Å². The van der Waals surface area contributed by atoms with Crippen molar-refractivity contribution < 1.29 is 4.39 Å². The topological polar surface area (TPSA) is 3.24 Å². The Morgan fingerprint density at radius 2 is 2.15 bits per heavy atom. The molecule has 3 aliphatic rings. The van der Waals surface area contributed by atoms with Gasteiger partial charge in [-0.2, -0.15) is 0 Å². The fraction of sp³-hybridized carbons (Fsp3) is 0.818. The van der Waals surface area contributed by atoms with Crippen LogP contribution in [-0.2, 0) is 0 Å². The lowest BCUT2D eigenvalue weighted by Gasteiger charge is -2.33. The van der Waals surface area contributed by atoms with E-state index in [1.807, 2.05) is 0 Å². The Labute approximate surface area is 78.6 Å².